The summed E-state index contributed by atoms with van der Waals surface area (Å²) in [4.78, 5) is 23.2. The molecule has 1 N–H and O–H groups in total. The van der Waals surface area contributed by atoms with Crippen LogP contribution in [0.5, 0.6) is 0 Å². The van der Waals surface area contributed by atoms with E-state index in [9.17, 15) is 9.59 Å². The molecular formula is C42H80O4. The highest BCUT2D eigenvalue weighted by molar-refractivity contribution is 5.69. The third-order valence-electron chi connectivity index (χ3n) is 9.49. The van der Waals surface area contributed by atoms with Gasteiger partial charge in [-0.25, -0.2) is 0 Å². The van der Waals surface area contributed by atoms with Gasteiger partial charge in [-0.1, -0.05) is 174 Å². The fourth-order valence-electron chi connectivity index (χ4n) is 6.42. The van der Waals surface area contributed by atoms with Crippen molar-refractivity contribution in [2.75, 3.05) is 0 Å². The number of hydrogen-bond acceptors (Lipinski definition) is 3. The van der Waals surface area contributed by atoms with Crippen molar-refractivity contribution in [1.82, 2.24) is 0 Å². The highest BCUT2D eigenvalue weighted by Gasteiger charge is 2.14. The largest absolute Gasteiger partial charge is 0.481 e. The fraction of sp³-hybridized carbons (Fsp3) is 0.905. The summed E-state index contributed by atoms with van der Waals surface area (Å²) in [7, 11) is 0. The van der Waals surface area contributed by atoms with Crippen molar-refractivity contribution in [3.05, 3.63) is 12.2 Å². The van der Waals surface area contributed by atoms with Crippen LogP contribution in [0.1, 0.15) is 239 Å². The molecule has 0 aromatic carbocycles. The summed E-state index contributed by atoms with van der Waals surface area (Å²) >= 11 is 0. The van der Waals surface area contributed by atoms with E-state index in [1.165, 1.54) is 173 Å². The minimum atomic E-state index is -0.668. The predicted molar refractivity (Wildman–Crippen MR) is 200 cm³/mol. The van der Waals surface area contributed by atoms with E-state index in [-0.39, 0.29) is 12.1 Å². The Bertz CT molecular complexity index is 658. The molecule has 0 aliphatic carbocycles. The Morgan fingerprint density at radius 1 is 0.457 bits per heavy atom. The Labute approximate surface area is 287 Å². The molecule has 0 fully saturated rings. The van der Waals surface area contributed by atoms with Crippen LogP contribution in [0.15, 0.2) is 12.2 Å². The summed E-state index contributed by atoms with van der Waals surface area (Å²) in [5, 5.41) is 8.69. The van der Waals surface area contributed by atoms with Crippen molar-refractivity contribution in [3.63, 3.8) is 0 Å². The summed E-state index contributed by atoms with van der Waals surface area (Å²) in [5.41, 5.74) is 0. The molecule has 0 heterocycles. The van der Waals surface area contributed by atoms with Gasteiger partial charge < -0.3 is 9.84 Å². The minimum absolute atomic E-state index is 0.0372. The molecule has 1 atom stereocenters. The number of carboxylic acid groups (broad SMARTS) is 1. The van der Waals surface area contributed by atoms with E-state index in [1.807, 2.05) is 0 Å². The average molecular weight is 649 g/mol. The molecule has 0 aliphatic heterocycles. The number of hydrogen-bond donors (Lipinski definition) is 1. The van der Waals surface area contributed by atoms with Crippen LogP contribution >= 0.6 is 0 Å². The number of ether oxygens (including phenoxy) is 1. The molecule has 272 valence electrons. The standard InChI is InChI=1S/C42H80O4/c1-3-5-7-9-10-11-12-13-14-15-16-17-22-25-28-31-35-39-42(45)46-40(36-32-8-6-4-2)37-33-29-26-23-20-18-19-21-24-27-30-34-38-41(43)44/h13-14,40H,3-12,15-39H2,1-2H3,(H,43,44)/b14-13-. The second kappa shape index (κ2) is 38.1. The first kappa shape index (κ1) is 44.7. The maximum atomic E-state index is 12.6. The number of unbranched alkanes of at least 4 members (excludes halogenated alkanes) is 27. The quantitative estimate of drug-likeness (QED) is 0.0411. The predicted octanol–water partition coefficient (Wildman–Crippen LogP) is 14.2. The van der Waals surface area contributed by atoms with Crippen LogP contribution in [-0.2, 0) is 14.3 Å². The molecule has 0 bridgehead atoms. The van der Waals surface area contributed by atoms with Crippen molar-refractivity contribution in [2.45, 2.75) is 245 Å². The van der Waals surface area contributed by atoms with E-state index in [0.717, 1.165) is 38.5 Å². The molecule has 0 rings (SSSR count). The lowest BCUT2D eigenvalue weighted by Crippen LogP contribution is -2.18. The van der Waals surface area contributed by atoms with E-state index in [4.69, 9.17) is 9.84 Å². The lowest BCUT2D eigenvalue weighted by molar-refractivity contribution is -0.150. The van der Waals surface area contributed by atoms with Gasteiger partial charge in [-0.3, -0.25) is 9.59 Å². The van der Waals surface area contributed by atoms with Crippen molar-refractivity contribution in [2.24, 2.45) is 0 Å². The molecule has 1 unspecified atom stereocenters. The Morgan fingerprint density at radius 2 is 0.783 bits per heavy atom. The third kappa shape index (κ3) is 37.1. The molecule has 0 amide bonds. The molecule has 0 aromatic heterocycles. The van der Waals surface area contributed by atoms with Crippen LogP contribution in [0.2, 0.25) is 0 Å². The normalized spacial score (nSPS) is 12.2. The zero-order valence-corrected chi connectivity index (χ0v) is 31.2. The van der Waals surface area contributed by atoms with Gasteiger partial charge in [0.1, 0.15) is 6.10 Å². The molecule has 46 heavy (non-hydrogen) atoms. The van der Waals surface area contributed by atoms with Gasteiger partial charge in [0.15, 0.2) is 0 Å². The van der Waals surface area contributed by atoms with Gasteiger partial charge in [0.25, 0.3) is 0 Å². The second-order valence-corrected chi connectivity index (χ2v) is 14.2. The fourth-order valence-corrected chi connectivity index (χ4v) is 6.42. The summed E-state index contributed by atoms with van der Waals surface area (Å²) in [6.07, 6.45) is 46.9. The van der Waals surface area contributed by atoms with Crippen LogP contribution in [0.3, 0.4) is 0 Å². The van der Waals surface area contributed by atoms with Crippen molar-refractivity contribution in [1.29, 1.82) is 0 Å². The van der Waals surface area contributed by atoms with Crippen LogP contribution in [0.4, 0.5) is 0 Å². The van der Waals surface area contributed by atoms with E-state index in [0.29, 0.717) is 12.8 Å². The first-order valence-corrected chi connectivity index (χ1v) is 20.7. The maximum Gasteiger partial charge on any atom is 0.306 e. The van der Waals surface area contributed by atoms with E-state index in [1.54, 1.807) is 0 Å². The summed E-state index contributed by atoms with van der Waals surface area (Å²) in [5.74, 6) is -0.631. The Balaban J connectivity index is 3.77. The van der Waals surface area contributed by atoms with Gasteiger partial charge in [-0.15, -0.1) is 0 Å². The zero-order valence-electron chi connectivity index (χ0n) is 31.2. The van der Waals surface area contributed by atoms with E-state index >= 15 is 0 Å². The van der Waals surface area contributed by atoms with E-state index in [2.05, 4.69) is 26.0 Å². The minimum Gasteiger partial charge on any atom is -0.481 e. The molecule has 0 saturated heterocycles. The first-order chi connectivity index (χ1) is 22.6. The second-order valence-electron chi connectivity index (χ2n) is 14.2. The van der Waals surface area contributed by atoms with Crippen LogP contribution in [-0.4, -0.2) is 23.1 Å². The molecule has 0 radical (unpaired) electrons. The monoisotopic (exact) mass is 649 g/mol. The van der Waals surface area contributed by atoms with Crippen molar-refractivity contribution < 1.29 is 19.4 Å². The average Bonchev–Trinajstić information content (AvgIpc) is 3.04. The molecule has 0 saturated carbocycles. The SMILES string of the molecule is CCCCCCCC/C=C\CCCCCCCCCC(=O)OC(CCCCCC)CCCCCCCCCCCCCCC(=O)O. The molecule has 0 aliphatic rings. The van der Waals surface area contributed by atoms with Gasteiger partial charge in [0.05, 0.1) is 0 Å². The highest BCUT2D eigenvalue weighted by atomic mass is 16.5. The molecule has 0 spiro atoms. The van der Waals surface area contributed by atoms with E-state index < -0.39 is 5.97 Å². The summed E-state index contributed by atoms with van der Waals surface area (Å²) < 4.78 is 6.00. The number of allylic oxidation sites excluding steroid dienone is 2. The molecule has 4 heteroatoms. The lowest BCUT2D eigenvalue weighted by Gasteiger charge is -2.18. The lowest BCUT2D eigenvalue weighted by atomic mass is 10.0. The number of carboxylic acids is 1. The number of carbonyl (C=O) groups is 2. The molecular weight excluding hydrogens is 568 g/mol. The van der Waals surface area contributed by atoms with Crippen LogP contribution in [0.25, 0.3) is 0 Å². The number of aliphatic carboxylic acids is 1. The van der Waals surface area contributed by atoms with Gasteiger partial charge in [-0.05, 0) is 64.2 Å². The summed E-state index contributed by atoms with van der Waals surface area (Å²) in [6, 6.07) is 0. The molecule has 0 aromatic rings. The molecule has 4 nitrogen and oxygen atoms in total. The van der Waals surface area contributed by atoms with Crippen LogP contribution < -0.4 is 0 Å². The van der Waals surface area contributed by atoms with Crippen molar-refractivity contribution >= 4 is 11.9 Å². The maximum absolute atomic E-state index is 12.6. The highest BCUT2D eigenvalue weighted by Crippen LogP contribution is 2.19. The van der Waals surface area contributed by atoms with Gasteiger partial charge in [0, 0.05) is 12.8 Å². The number of esters is 1. The van der Waals surface area contributed by atoms with Crippen molar-refractivity contribution in [3.8, 4) is 0 Å². The Hall–Kier alpha value is -1.32. The first-order valence-electron chi connectivity index (χ1n) is 20.7. The van der Waals surface area contributed by atoms with Gasteiger partial charge >= 0.3 is 11.9 Å². The van der Waals surface area contributed by atoms with Crippen LogP contribution in [0, 0.1) is 0 Å². The third-order valence-corrected chi connectivity index (χ3v) is 9.49. The van der Waals surface area contributed by atoms with Gasteiger partial charge in [0.2, 0.25) is 0 Å². The Kier molecular flexibility index (Phi) is 37.0. The van der Waals surface area contributed by atoms with Gasteiger partial charge in [-0.2, -0.15) is 0 Å². The summed E-state index contributed by atoms with van der Waals surface area (Å²) in [6.45, 7) is 4.53. The number of carbonyl (C=O) groups excluding carboxylic acids is 1. The topological polar surface area (TPSA) is 63.6 Å². The smallest absolute Gasteiger partial charge is 0.306 e. The zero-order chi connectivity index (χ0) is 33.6. The number of rotatable bonds is 38. The Morgan fingerprint density at radius 3 is 1.20 bits per heavy atom.